The molecule has 9 aromatic heterocycles. The number of likely N-dealkylation sites (tertiary alicyclic amines) is 4. The van der Waals surface area contributed by atoms with E-state index < -0.39 is 102 Å². The Labute approximate surface area is 857 Å². The zero-order chi connectivity index (χ0) is 106. The van der Waals surface area contributed by atoms with E-state index in [1.165, 1.54) is 19.6 Å². The SMILES string of the molecule is CC[C@@H](NC(=O)N1C(=O)[C@H](Cc2ccnc(N)c2)[C@H]1C(=O)N(C)c1ccncc1)c1cccc(C)c1.CC[C@@H](NC(=O)N1C(=O)[C@H](Cc2ccnc(N)c2)[C@H]1C(=O)N(C)c1ccncc1)c1cccc(C)c1.CC[C@@H](NC(=O)N1C(=O)[C@H](Cc2ccnc(N)c2)[C@H]1C(=O)N(C)c1ccncc1)c1cccnc1.Cc1cccc(C(NC(=O)N2C(=O)[C@H](Cc3ccnc(N)c3)[C@H]2C(=O)N(C)c2ccncc2)c2cccc(C)c2)c1. The maximum Gasteiger partial charge on any atom is 0.325 e. The van der Waals surface area contributed by atoms with Crippen LogP contribution in [-0.4, -0.2) is 188 Å². The molecule has 11 atom stereocenters. The number of nitrogen functional groups attached to an aromatic ring is 4. The Hall–Kier alpha value is -17.9. The molecular formula is C111H119N25O12. The first kappa shape index (κ1) is 106. The summed E-state index contributed by atoms with van der Waals surface area (Å²) in [4.78, 5) is 208. The molecule has 4 aliphatic rings. The highest BCUT2D eigenvalue weighted by Gasteiger charge is 2.60. The Morgan fingerprint density at radius 2 is 0.527 bits per heavy atom. The minimum Gasteiger partial charge on any atom is -0.384 e. The van der Waals surface area contributed by atoms with Crippen LogP contribution < -0.4 is 63.8 Å². The lowest BCUT2D eigenvalue weighted by atomic mass is 9.81. The average Bonchev–Trinajstić information content (AvgIpc) is 0.747. The van der Waals surface area contributed by atoms with Crippen LogP contribution in [0, 0.1) is 51.4 Å². The molecule has 760 valence electrons. The van der Waals surface area contributed by atoms with Crippen LogP contribution in [0.3, 0.4) is 0 Å². The number of nitrogens with zero attached hydrogens (tertiary/aromatic N) is 17. The maximum atomic E-state index is 13.9. The number of aromatic nitrogens is 9. The van der Waals surface area contributed by atoms with Crippen molar-refractivity contribution >= 4 is 117 Å². The van der Waals surface area contributed by atoms with Gasteiger partial charge in [0.1, 0.15) is 47.4 Å². The topological polar surface area (TPSA) is 499 Å². The number of anilines is 8. The third-order valence-electron chi connectivity index (χ3n) is 26.6. The van der Waals surface area contributed by atoms with Crippen molar-refractivity contribution < 1.29 is 57.5 Å². The lowest BCUT2D eigenvalue weighted by molar-refractivity contribution is -0.156. The van der Waals surface area contributed by atoms with Gasteiger partial charge in [0, 0.05) is 138 Å². The van der Waals surface area contributed by atoms with E-state index in [-0.39, 0.29) is 67.4 Å². The fourth-order valence-corrected chi connectivity index (χ4v) is 18.6. The Bertz CT molecular complexity index is 6720. The molecular weight excluding hydrogens is 1880 g/mol. The zero-order valence-electron chi connectivity index (χ0n) is 83.9. The van der Waals surface area contributed by atoms with Crippen LogP contribution in [-0.2, 0) is 64.0 Å². The van der Waals surface area contributed by atoms with Gasteiger partial charge in [-0.1, -0.05) is 146 Å². The van der Waals surface area contributed by atoms with Gasteiger partial charge in [-0.2, -0.15) is 0 Å². The predicted molar refractivity (Wildman–Crippen MR) is 561 cm³/mol. The van der Waals surface area contributed by atoms with Gasteiger partial charge < -0.3 is 63.8 Å². The average molecular weight is 2000 g/mol. The number of carbonyl (C=O) groups excluding carboxylic acids is 12. The van der Waals surface area contributed by atoms with Crippen molar-refractivity contribution in [3.05, 3.63) is 365 Å². The molecule has 12 N–H and O–H groups in total. The number of hydrogen-bond donors (Lipinski definition) is 8. The first-order valence-electron chi connectivity index (χ1n) is 48.4. The number of benzene rings is 4. The minimum absolute atomic E-state index is 0.245. The molecule has 4 saturated heterocycles. The van der Waals surface area contributed by atoms with Crippen LogP contribution in [0.5, 0.6) is 0 Å². The number of imide groups is 4. The molecule has 0 unspecified atom stereocenters. The number of nitrogens with two attached hydrogens (primary N) is 4. The van der Waals surface area contributed by atoms with Crippen LogP contribution >= 0.6 is 0 Å². The molecule has 13 aromatic rings. The Morgan fingerprint density at radius 1 is 0.291 bits per heavy atom. The van der Waals surface area contributed by atoms with Gasteiger partial charge in [-0.05, 0) is 226 Å². The molecule has 4 aromatic carbocycles. The summed E-state index contributed by atoms with van der Waals surface area (Å²) in [6.07, 6.45) is 25.1. The summed E-state index contributed by atoms with van der Waals surface area (Å²) in [5, 5.41) is 11.8. The number of carbonyl (C=O) groups is 12. The smallest absolute Gasteiger partial charge is 0.325 e. The summed E-state index contributed by atoms with van der Waals surface area (Å²) >= 11 is 0. The summed E-state index contributed by atoms with van der Waals surface area (Å²) in [6, 6.07) is 54.6. The summed E-state index contributed by atoms with van der Waals surface area (Å²) in [5.41, 5.74) is 37.5. The summed E-state index contributed by atoms with van der Waals surface area (Å²) < 4.78 is 0. The second-order valence-electron chi connectivity index (χ2n) is 36.7. The maximum absolute atomic E-state index is 13.9. The van der Waals surface area contributed by atoms with Gasteiger partial charge in [0.2, 0.25) is 23.6 Å². The molecule has 16 amide bonds. The van der Waals surface area contributed by atoms with E-state index in [4.69, 9.17) is 22.9 Å². The summed E-state index contributed by atoms with van der Waals surface area (Å²) in [6.45, 7) is 13.8. The Kier molecular flexibility index (Phi) is 34.6. The van der Waals surface area contributed by atoms with E-state index in [1.54, 1.807) is 218 Å². The molecule has 0 saturated carbocycles. The number of β-lactam (4-membered cyclic amide) rings is 4. The molecule has 13 heterocycles. The van der Waals surface area contributed by atoms with E-state index in [9.17, 15) is 57.5 Å². The zero-order valence-corrected chi connectivity index (χ0v) is 83.9. The number of hydrogen-bond acceptors (Lipinski definition) is 25. The normalized spacial score (nSPS) is 17.4. The van der Waals surface area contributed by atoms with E-state index in [0.29, 0.717) is 65.3 Å². The lowest BCUT2D eigenvalue weighted by Crippen LogP contribution is -2.70. The van der Waals surface area contributed by atoms with E-state index in [0.717, 1.165) is 91.9 Å². The predicted octanol–water partition coefficient (Wildman–Crippen LogP) is 13.1. The molecule has 0 radical (unpaired) electrons. The number of pyridine rings is 9. The van der Waals surface area contributed by atoms with Crippen molar-refractivity contribution in [1.29, 1.82) is 0 Å². The van der Waals surface area contributed by atoms with Crippen LogP contribution in [0.4, 0.5) is 65.2 Å². The standard InChI is InChI=1S/C32H32N6O3.2C27H30N6O3.C25H27N7O3/c1-20-6-4-8-23(16-20)28(24-9-5-7-21(2)17-24)36-32(41)38-29(31(40)37(3)25-11-13-34-14-12-25)26(30(38)39)18-22-10-15-35-27(33)19-22;2*1-4-22(19-7-5-6-17(2)14-19)31-27(36)33-24(26(35)32(3)20-9-11-29-12-10-20)21(25(33)34)15-18-8-13-30-23(28)16-18;1-3-20(17-5-4-9-28-15-17)30-25(35)32-22(24(34)31(2)18-7-10-27-11-8-18)19(23(32)33)13-16-6-12-29-21(26)14-16/h4-17,19,26,28-29H,18H2,1-3H3,(H2,33,35)(H,36,41);2*5-14,16,21-22,24H,4,15H2,1-3H3,(H2,28,30)(H,31,36);4-12,14-15,19-20,22H,3,13H2,1-2H3,(H2,26,29)(H,30,35)/t26-,29+;2*21-,22-,24+;19-,20-,22+/m1111/s1. The van der Waals surface area contributed by atoms with E-state index >= 15 is 0 Å². The van der Waals surface area contributed by atoms with Gasteiger partial charge in [-0.15, -0.1) is 0 Å². The molecule has 0 bridgehead atoms. The molecule has 4 fully saturated rings. The number of aryl methyl sites for hydroxylation is 4. The fourth-order valence-electron chi connectivity index (χ4n) is 18.6. The van der Waals surface area contributed by atoms with Crippen molar-refractivity contribution in [3.8, 4) is 0 Å². The van der Waals surface area contributed by atoms with Gasteiger partial charge in [0.25, 0.3) is 23.6 Å². The monoisotopic (exact) mass is 1990 g/mol. The number of amides is 16. The van der Waals surface area contributed by atoms with Gasteiger partial charge in [0.15, 0.2) is 0 Å². The van der Waals surface area contributed by atoms with Crippen molar-refractivity contribution in [2.45, 2.75) is 142 Å². The van der Waals surface area contributed by atoms with Crippen LogP contribution in [0.15, 0.2) is 293 Å². The van der Waals surface area contributed by atoms with Crippen LogP contribution in [0.25, 0.3) is 0 Å². The molecule has 37 heteroatoms. The van der Waals surface area contributed by atoms with Crippen molar-refractivity contribution in [2.75, 3.05) is 70.7 Å². The highest BCUT2D eigenvalue weighted by Crippen LogP contribution is 2.40. The van der Waals surface area contributed by atoms with Crippen molar-refractivity contribution in [2.24, 2.45) is 23.7 Å². The number of urea groups is 4. The second kappa shape index (κ2) is 48.4. The summed E-state index contributed by atoms with van der Waals surface area (Å²) in [7, 11) is 6.49. The van der Waals surface area contributed by atoms with Gasteiger partial charge in [0.05, 0.1) is 47.8 Å². The molecule has 148 heavy (non-hydrogen) atoms. The molecule has 0 spiro atoms. The van der Waals surface area contributed by atoms with Crippen LogP contribution in [0.1, 0.15) is 137 Å². The lowest BCUT2D eigenvalue weighted by Gasteiger charge is -2.46. The number of likely N-dealkylation sites (N-methyl/N-ethyl adjacent to an activating group) is 4. The molecule has 0 aliphatic carbocycles. The highest BCUT2D eigenvalue weighted by molar-refractivity contribution is 6.16. The second-order valence-corrected chi connectivity index (χ2v) is 36.7. The van der Waals surface area contributed by atoms with E-state index in [1.807, 2.05) is 152 Å². The Morgan fingerprint density at radius 3 is 0.764 bits per heavy atom. The van der Waals surface area contributed by atoms with Crippen molar-refractivity contribution in [1.82, 2.24) is 85.7 Å². The van der Waals surface area contributed by atoms with E-state index in [2.05, 4.69) is 66.1 Å². The highest BCUT2D eigenvalue weighted by atomic mass is 16.2. The summed E-state index contributed by atoms with van der Waals surface area (Å²) in [5.74, 6) is -4.65. The number of nitrogens with one attached hydrogen (secondary N) is 4. The Balaban J connectivity index is 0.000000156. The first-order chi connectivity index (χ1) is 71.2. The van der Waals surface area contributed by atoms with Gasteiger partial charge in [-0.3, -0.25) is 82.9 Å². The third kappa shape index (κ3) is 24.9. The first-order valence-corrected chi connectivity index (χ1v) is 48.4. The fraction of sp³-hybridized carbons (Fsp3) is 0.270. The van der Waals surface area contributed by atoms with Crippen molar-refractivity contribution in [3.63, 3.8) is 0 Å². The quantitative estimate of drug-likeness (QED) is 0.0211. The van der Waals surface area contributed by atoms with Gasteiger partial charge >= 0.3 is 24.1 Å². The van der Waals surface area contributed by atoms with Crippen LogP contribution in [0.2, 0.25) is 0 Å². The minimum atomic E-state index is -1.01. The largest absolute Gasteiger partial charge is 0.384 e. The molecule has 4 aliphatic heterocycles. The third-order valence-corrected chi connectivity index (χ3v) is 26.6. The van der Waals surface area contributed by atoms with Gasteiger partial charge in [-0.25, -0.2) is 39.1 Å². The molecule has 17 rings (SSSR count). The molecule has 37 nitrogen and oxygen atoms in total. The number of rotatable bonds is 28.